The molecule has 0 saturated carbocycles. The highest BCUT2D eigenvalue weighted by Gasteiger charge is 2.14. The van der Waals surface area contributed by atoms with Crippen LogP contribution in [0.4, 0.5) is 0 Å². The lowest BCUT2D eigenvalue weighted by Gasteiger charge is -2.12. The van der Waals surface area contributed by atoms with Crippen LogP contribution in [0, 0.1) is 0 Å². The van der Waals surface area contributed by atoms with Gasteiger partial charge in [-0.1, -0.05) is 0 Å². The summed E-state index contributed by atoms with van der Waals surface area (Å²) in [5, 5.41) is 12.0. The van der Waals surface area contributed by atoms with Crippen LogP contribution in [0.3, 0.4) is 0 Å². The quantitative estimate of drug-likeness (QED) is 0.769. The number of rotatable bonds is 7. The molecule has 1 rings (SSSR count). The van der Waals surface area contributed by atoms with E-state index in [1.165, 1.54) is 6.26 Å². The Morgan fingerprint density at radius 3 is 2.94 bits per heavy atom. The maximum Gasteiger partial charge on any atom is 0.372 e. The fourth-order valence-electron chi connectivity index (χ4n) is 1.39. The van der Waals surface area contributed by atoms with Gasteiger partial charge >= 0.3 is 5.97 Å². The summed E-state index contributed by atoms with van der Waals surface area (Å²) in [6, 6.07) is 1.83. The molecule has 1 aromatic heterocycles. The van der Waals surface area contributed by atoms with E-state index in [-0.39, 0.29) is 11.8 Å². The molecule has 0 aliphatic rings. The largest absolute Gasteiger partial charge is 0.475 e. The summed E-state index contributed by atoms with van der Waals surface area (Å²) in [4.78, 5) is 10.8. The number of hydrogen-bond donors (Lipinski definition) is 2. The average Bonchev–Trinajstić information content (AvgIpc) is 2.71. The van der Waals surface area contributed by atoms with E-state index in [0.717, 1.165) is 6.42 Å². The Bertz CT molecular complexity index is 402. The Kier molecular flexibility index (Phi) is 5.37. The van der Waals surface area contributed by atoms with Gasteiger partial charge in [0, 0.05) is 41.0 Å². The molecule has 2 atom stereocenters. The molecular formula is C11H17NO4S. The molecule has 96 valence electrons. The number of nitrogens with one attached hydrogen (secondary N) is 1. The molecule has 6 heteroatoms. The SMILES string of the molecule is CC(CCS(C)=O)NCc1ccoc1C(=O)O. The second kappa shape index (κ2) is 6.56. The highest BCUT2D eigenvalue weighted by molar-refractivity contribution is 7.84. The van der Waals surface area contributed by atoms with Crippen molar-refractivity contribution in [1.29, 1.82) is 0 Å². The first-order chi connectivity index (χ1) is 8.00. The Morgan fingerprint density at radius 2 is 2.35 bits per heavy atom. The van der Waals surface area contributed by atoms with Gasteiger partial charge < -0.3 is 14.8 Å². The predicted octanol–water partition coefficient (Wildman–Crippen LogP) is 1.22. The van der Waals surface area contributed by atoms with E-state index >= 15 is 0 Å². The van der Waals surface area contributed by atoms with Crippen LogP contribution >= 0.6 is 0 Å². The number of carboxylic acid groups (broad SMARTS) is 1. The molecule has 0 amide bonds. The maximum atomic E-state index is 10.9. The van der Waals surface area contributed by atoms with Crippen LogP contribution in [0.1, 0.15) is 29.5 Å². The summed E-state index contributed by atoms with van der Waals surface area (Å²) in [6.45, 7) is 2.42. The van der Waals surface area contributed by atoms with Gasteiger partial charge in [0.25, 0.3) is 0 Å². The molecule has 0 aromatic carbocycles. The number of aromatic carboxylic acids is 1. The predicted molar refractivity (Wildman–Crippen MR) is 65.5 cm³/mol. The number of furan rings is 1. The standard InChI is InChI=1S/C11H17NO4S/c1-8(4-6-17(2)15)12-7-9-3-5-16-10(9)11(13)14/h3,5,8,12H,4,6-7H2,1-2H3,(H,13,14). The van der Waals surface area contributed by atoms with Gasteiger partial charge in [-0.3, -0.25) is 4.21 Å². The minimum Gasteiger partial charge on any atom is -0.475 e. The van der Waals surface area contributed by atoms with Crippen LogP contribution in [-0.4, -0.2) is 33.3 Å². The molecule has 0 saturated heterocycles. The summed E-state index contributed by atoms with van der Waals surface area (Å²) in [5.41, 5.74) is 0.627. The van der Waals surface area contributed by atoms with Crippen LogP contribution in [0.2, 0.25) is 0 Å². The highest BCUT2D eigenvalue weighted by Crippen LogP contribution is 2.10. The van der Waals surface area contributed by atoms with Gasteiger partial charge in [0.05, 0.1) is 6.26 Å². The Balaban J connectivity index is 2.42. The second-order valence-corrected chi connectivity index (χ2v) is 5.48. The third kappa shape index (κ3) is 4.70. The zero-order valence-electron chi connectivity index (χ0n) is 9.93. The van der Waals surface area contributed by atoms with Crippen molar-refractivity contribution in [3.63, 3.8) is 0 Å². The van der Waals surface area contributed by atoms with E-state index in [9.17, 15) is 9.00 Å². The van der Waals surface area contributed by atoms with Gasteiger partial charge in [0.1, 0.15) is 0 Å². The second-order valence-electron chi connectivity index (χ2n) is 3.93. The first kappa shape index (κ1) is 13.9. The van der Waals surface area contributed by atoms with Crippen LogP contribution in [0.15, 0.2) is 16.7 Å². The number of carboxylic acids is 1. The molecule has 1 heterocycles. The van der Waals surface area contributed by atoms with Crippen LogP contribution in [0.25, 0.3) is 0 Å². The Morgan fingerprint density at radius 1 is 1.65 bits per heavy atom. The molecule has 1 aromatic rings. The van der Waals surface area contributed by atoms with Crippen molar-refractivity contribution in [2.45, 2.75) is 25.9 Å². The smallest absolute Gasteiger partial charge is 0.372 e. The summed E-state index contributed by atoms with van der Waals surface area (Å²) in [6.07, 6.45) is 3.83. The van der Waals surface area contributed by atoms with E-state index in [4.69, 9.17) is 9.52 Å². The lowest BCUT2D eigenvalue weighted by atomic mass is 10.2. The van der Waals surface area contributed by atoms with Crippen molar-refractivity contribution in [1.82, 2.24) is 5.32 Å². The third-order valence-electron chi connectivity index (χ3n) is 2.42. The Labute approximate surface area is 103 Å². The summed E-state index contributed by atoms with van der Waals surface area (Å²) in [5.74, 6) is -0.441. The fraction of sp³-hybridized carbons (Fsp3) is 0.545. The first-order valence-corrected chi connectivity index (χ1v) is 7.06. The summed E-state index contributed by atoms with van der Waals surface area (Å²) < 4.78 is 15.8. The van der Waals surface area contributed by atoms with Gasteiger partial charge in [-0.05, 0) is 19.4 Å². The van der Waals surface area contributed by atoms with Crippen molar-refractivity contribution in [3.05, 3.63) is 23.7 Å². The zero-order valence-corrected chi connectivity index (χ0v) is 10.8. The molecular weight excluding hydrogens is 242 g/mol. The van der Waals surface area contributed by atoms with Crippen LogP contribution in [0.5, 0.6) is 0 Å². The summed E-state index contributed by atoms with van der Waals surface area (Å²) in [7, 11) is -0.791. The molecule has 0 aliphatic heterocycles. The van der Waals surface area contributed by atoms with Gasteiger partial charge in [-0.15, -0.1) is 0 Å². The maximum absolute atomic E-state index is 10.9. The normalized spacial score (nSPS) is 14.5. The van der Waals surface area contributed by atoms with Gasteiger partial charge in [-0.2, -0.15) is 0 Å². The average molecular weight is 259 g/mol. The zero-order chi connectivity index (χ0) is 12.8. The number of carbonyl (C=O) groups is 1. The summed E-state index contributed by atoms with van der Waals surface area (Å²) >= 11 is 0. The molecule has 17 heavy (non-hydrogen) atoms. The monoisotopic (exact) mass is 259 g/mol. The van der Waals surface area contributed by atoms with Crippen molar-refractivity contribution in [2.75, 3.05) is 12.0 Å². The molecule has 0 aliphatic carbocycles. The molecule has 5 nitrogen and oxygen atoms in total. The van der Waals surface area contributed by atoms with E-state index in [0.29, 0.717) is 17.9 Å². The molecule has 2 N–H and O–H groups in total. The highest BCUT2D eigenvalue weighted by atomic mass is 32.2. The lowest BCUT2D eigenvalue weighted by molar-refractivity contribution is 0.0660. The fourth-order valence-corrected chi connectivity index (χ4v) is 2.08. The van der Waals surface area contributed by atoms with E-state index < -0.39 is 16.8 Å². The molecule has 0 fully saturated rings. The van der Waals surface area contributed by atoms with Crippen molar-refractivity contribution in [2.24, 2.45) is 0 Å². The van der Waals surface area contributed by atoms with Crippen molar-refractivity contribution < 1.29 is 18.5 Å². The molecule has 0 radical (unpaired) electrons. The van der Waals surface area contributed by atoms with Gasteiger partial charge in [-0.25, -0.2) is 4.79 Å². The first-order valence-electron chi connectivity index (χ1n) is 5.33. The van der Waals surface area contributed by atoms with Crippen molar-refractivity contribution in [3.8, 4) is 0 Å². The Hall–Kier alpha value is -1.14. The van der Waals surface area contributed by atoms with Gasteiger partial charge in [0.15, 0.2) is 0 Å². The van der Waals surface area contributed by atoms with E-state index in [2.05, 4.69) is 5.32 Å². The van der Waals surface area contributed by atoms with Gasteiger partial charge in [0.2, 0.25) is 5.76 Å². The van der Waals surface area contributed by atoms with Crippen LogP contribution in [-0.2, 0) is 17.3 Å². The lowest BCUT2D eigenvalue weighted by Crippen LogP contribution is -2.27. The molecule has 2 unspecified atom stereocenters. The minimum atomic E-state index is -1.06. The molecule has 0 bridgehead atoms. The van der Waals surface area contributed by atoms with E-state index in [1.54, 1.807) is 12.3 Å². The van der Waals surface area contributed by atoms with Crippen LogP contribution < -0.4 is 5.32 Å². The third-order valence-corrected chi connectivity index (χ3v) is 3.23. The number of hydrogen-bond acceptors (Lipinski definition) is 4. The van der Waals surface area contributed by atoms with Crippen molar-refractivity contribution >= 4 is 16.8 Å². The van der Waals surface area contributed by atoms with E-state index in [1.807, 2.05) is 6.92 Å². The topological polar surface area (TPSA) is 79.5 Å². The minimum absolute atomic E-state index is 0.0243. The molecule has 0 spiro atoms.